The van der Waals surface area contributed by atoms with Crippen molar-refractivity contribution in [3.05, 3.63) is 58.6 Å². The third kappa shape index (κ3) is 4.15. The van der Waals surface area contributed by atoms with E-state index in [1.807, 2.05) is 25.1 Å². The molecular weight excluding hydrogens is 282 g/mol. The highest BCUT2D eigenvalue weighted by atomic mass is 35.5. The Kier molecular flexibility index (Phi) is 5.51. The molecule has 0 aliphatic carbocycles. The maximum absolute atomic E-state index is 5.96. The van der Waals surface area contributed by atoms with Crippen molar-refractivity contribution < 1.29 is 4.74 Å². The van der Waals surface area contributed by atoms with Gasteiger partial charge in [-0.3, -0.25) is 0 Å². The average Bonchev–Trinajstić information content (AvgIpc) is 2.48. The summed E-state index contributed by atoms with van der Waals surface area (Å²) in [6, 6.07) is 14.5. The largest absolute Gasteiger partial charge is 0.494 e. The predicted octanol–water partition coefficient (Wildman–Crippen LogP) is 5.61. The van der Waals surface area contributed by atoms with Crippen LogP contribution in [0.2, 0.25) is 5.02 Å². The lowest BCUT2D eigenvalue weighted by atomic mass is 10.0. The fraction of sp³-hybridized carbons (Fsp3) is 0.333. The Bertz CT molecular complexity index is 580. The van der Waals surface area contributed by atoms with Crippen LogP contribution in [0.5, 0.6) is 5.75 Å². The van der Waals surface area contributed by atoms with Crippen molar-refractivity contribution in [2.45, 2.75) is 33.2 Å². The maximum atomic E-state index is 5.96. The second kappa shape index (κ2) is 7.37. The third-order valence-corrected chi connectivity index (χ3v) is 3.77. The van der Waals surface area contributed by atoms with E-state index in [1.165, 1.54) is 11.1 Å². The van der Waals surface area contributed by atoms with Gasteiger partial charge in [-0.1, -0.05) is 30.7 Å². The van der Waals surface area contributed by atoms with Crippen molar-refractivity contribution in [2.24, 2.45) is 0 Å². The Labute approximate surface area is 132 Å². The van der Waals surface area contributed by atoms with Crippen molar-refractivity contribution in [3.63, 3.8) is 0 Å². The zero-order valence-corrected chi connectivity index (χ0v) is 13.6. The molecule has 0 heterocycles. The molecule has 0 aromatic heterocycles. The summed E-state index contributed by atoms with van der Waals surface area (Å²) in [4.78, 5) is 0. The van der Waals surface area contributed by atoms with Gasteiger partial charge in [0.1, 0.15) is 5.75 Å². The number of ether oxygens (including phenoxy) is 1. The molecule has 1 N–H and O–H groups in total. The SMILES string of the molecule is CCOc1ccc(NC(CC)c2ccc(Cl)cc2)c(C)c1. The molecule has 1 unspecified atom stereocenters. The van der Waals surface area contributed by atoms with Crippen molar-refractivity contribution >= 4 is 17.3 Å². The van der Waals surface area contributed by atoms with Crippen LogP contribution in [0.1, 0.15) is 37.4 Å². The molecule has 0 fully saturated rings. The molecule has 0 saturated heterocycles. The predicted molar refractivity (Wildman–Crippen MR) is 90.5 cm³/mol. The first kappa shape index (κ1) is 15.7. The van der Waals surface area contributed by atoms with E-state index in [4.69, 9.17) is 16.3 Å². The highest BCUT2D eigenvalue weighted by Crippen LogP contribution is 2.28. The Morgan fingerprint density at radius 2 is 1.81 bits per heavy atom. The first-order chi connectivity index (χ1) is 10.1. The van der Waals surface area contributed by atoms with Crippen LogP contribution in [0, 0.1) is 6.92 Å². The Balaban J connectivity index is 2.16. The van der Waals surface area contributed by atoms with Gasteiger partial charge >= 0.3 is 0 Å². The van der Waals surface area contributed by atoms with Gasteiger partial charge in [0.2, 0.25) is 0 Å². The fourth-order valence-electron chi connectivity index (χ4n) is 2.36. The van der Waals surface area contributed by atoms with Gasteiger partial charge in [-0.05, 0) is 61.7 Å². The maximum Gasteiger partial charge on any atom is 0.119 e. The summed E-state index contributed by atoms with van der Waals surface area (Å²) in [6.07, 6.45) is 1.01. The van der Waals surface area contributed by atoms with Crippen LogP contribution in [-0.4, -0.2) is 6.61 Å². The molecule has 21 heavy (non-hydrogen) atoms. The summed E-state index contributed by atoms with van der Waals surface area (Å²) >= 11 is 5.96. The van der Waals surface area contributed by atoms with Crippen molar-refractivity contribution in [1.29, 1.82) is 0 Å². The van der Waals surface area contributed by atoms with Crippen molar-refractivity contribution in [1.82, 2.24) is 0 Å². The molecule has 112 valence electrons. The zero-order valence-electron chi connectivity index (χ0n) is 12.8. The van der Waals surface area contributed by atoms with Gasteiger partial charge in [0.25, 0.3) is 0 Å². The van der Waals surface area contributed by atoms with Crippen LogP contribution in [-0.2, 0) is 0 Å². The Morgan fingerprint density at radius 1 is 1.10 bits per heavy atom. The van der Waals surface area contributed by atoms with Crippen LogP contribution in [0.4, 0.5) is 5.69 Å². The number of halogens is 1. The van der Waals surface area contributed by atoms with E-state index in [0.717, 1.165) is 22.9 Å². The summed E-state index contributed by atoms with van der Waals surface area (Å²) < 4.78 is 5.53. The number of hydrogen-bond donors (Lipinski definition) is 1. The Hall–Kier alpha value is -1.67. The van der Waals surface area contributed by atoms with Gasteiger partial charge in [0, 0.05) is 10.7 Å². The second-order valence-electron chi connectivity index (χ2n) is 5.07. The molecule has 2 aromatic rings. The highest BCUT2D eigenvalue weighted by molar-refractivity contribution is 6.30. The lowest BCUT2D eigenvalue weighted by Crippen LogP contribution is -2.10. The monoisotopic (exact) mass is 303 g/mol. The highest BCUT2D eigenvalue weighted by Gasteiger charge is 2.10. The average molecular weight is 304 g/mol. The standard InChI is InChI=1S/C18H22ClNO/c1-4-17(14-6-8-15(19)9-7-14)20-18-11-10-16(21-5-2)12-13(18)3/h6-12,17,20H,4-5H2,1-3H3. The van der Waals surface area contributed by atoms with Crippen LogP contribution in [0.15, 0.2) is 42.5 Å². The minimum Gasteiger partial charge on any atom is -0.494 e. The lowest BCUT2D eigenvalue weighted by Gasteiger charge is -2.20. The van der Waals surface area contributed by atoms with Crippen LogP contribution < -0.4 is 10.1 Å². The van der Waals surface area contributed by atoms with Crippen LogP contribution in [0.25, 0.3) is 0 Å². The second-order valence-corrected chi connectivity index (χ2v) is 5.50. The van der Waals surface area contributed by atoms with E-state index in [2.05, 4.69) is 43.4 Å². The summed E-state index contributed by atoms with van der Waals surface area (Å²) in [7, 11) is 0. The molecule has 0 bridgehead atoms. The summed E-state index contributed by atoms with van der Waals surface area (Å²) in [5, 5.41) is 4.37. The number of anilines is 1. The van der Waals surface area contributed by atoms with Gasteiger partial charge in [-0.2, -0.15) is 0 Å². The lowest BCUT2D eigenvalue weighted by molar-refractivity contribution is 0.340. The first-order valence-corrected chi connectivity index (χ1v) is 7.77. The topological polar surface area (TPSA) is 21.3 Å². The number of benzene rings is 2. The molecule has 2 nitrogen and oxygen atoms in total. The van der Waals surface area contributed by atoms with E-state index in [0.29, 0.717) is 6.61 Å². The smallest absolute Gasteiger partial charge is 0.119 e. The molecule has 0 aliphatic heterocycles. The summed E-state index contributed by atoms with van der Waals surface area (Å²) in [6.45, 7) is 6.96. The van der Waals surface area contributed by atoms with Crippen LogP contribution in [0.3, 0.4) is 0 Å². The molecule has 2 rings (SSSR count). The number of rotatable bonds is 6. The minimum atomic E-state index is 0.277. The van der Waals surface area contributed by atoms with Gasteiger partial charge in [-0.15, -0.1) is 0 Å². The molecule has 0 saturated carbocycles. The van der Waals surface area contributed by atoms with Crippen molar-refractivity contribution in [2.75, 3.05) is 11.9 Å². The molecule has 3 heteroatoms. The van der Waals surface area contributed by atoms with E-state index in [1.54, 1.807) is 0 Å². The fourth-order valence-corrected chi connectivity index (χ4v) is 2.48. The first-order valence-electron chi connectivity index (χ1n) is 7.39. The molecule has 2 aromatic carbocycles. The normalized spacial score (nSPS) is 12.0. The quantitative estimate of drug-likeness (QED) is 0.749. The van der Waals surface area contributed by atoms with E-state index < -0.39 is 0 Å². The molecule has 0 aliphatic rings. The van der Waals surface area contributed by atoms with E-state index in [9.17, 15) is 0 Å². The molecule has 0 amide bonds. The van der Waals surface area contributed by atoms with Gasteiger partial charge in [0.05, 0.1) is 12.6 Å². The van der Waals surface area contributed by atoms with Crippen LogP contribution >= 0.6 is 11.6 Å². The zero-order chi connectivity index (χ0) is 15.2. The van der Waals surface area contributed by atoms with Gasteiger partial charge < -0.3 is 10.1 Å². The summed E-state index contributed by atoms with van der Waals surface area (Å²) in [5.41, 5.74) is 3.57. The summed E-state index contributed by atoms with van der Waals surface area (Å²) in [5.74, 6) is 0.917. The van der Waals surface area contributed by atoms with E-state index in [-0.39, 0.29) is 6.04 Å². The number of nitrogens with one attached hydrogen (secondary N) is 1. The molecule has 0 spiro atoms. The number of aryl methyl sites for hydroxylation is 1. The third-order valence-electron chi connectivity index (χ3n) is 3.52. The van der Waals surface area contributed by atoms with Gasteiger partial charge in [0.15, 0.2) is 0 Å². The number of hydrogen-bond acceptors (Lipinski definition) is 2. The van der Waals surface area contributed by atoms with E-state index >= 15 is 0 Å². The Morgan fingerprint density at radius 3 is 2.38 bits per heavy atom. The minimum absolute atomic E-state index is 0.277. The molecule has 0 radical (unpaired) electrons. The molecule has 1 atom stereocenters. The van der Waals surface area contributed by atoms with Gasteiger partial charge in [-0.25, -0.2) is 0 Å². The molecular formula is C18H22ClNO. The van der Waals surface area contributed by atoms with Crippen molar-refractivity contribution in [3.8, 4) is 5.75 Å².